The highest BCUT2D eigenvalue weighted by Crippen LogP contribution is 2.34. The molecule has 1 aliphatic rings. The van der Waals surface area contributed by atoms with Crippen LogP contribution < -0.4 is 0 Å². The molecule has 0 saturated heterocycles. The molecule has 1 fully saturated rings. The fourth-order valence-electron chi connectivity index (χ4n) is 2.46. The normalized spacial score (nSPS) is 25.7. The second-order valence-corrected chi connectivity index (χ2v) is 6.29. The van der Waals surface area contributed by atoms with Gasteiger partial charge in [0.15, 0.2) is 0 Å². The fraction of sp³-hybridized carbons (Fsp3) is 0.538. The van der Waals surface area contributed by atoms with Crippen LogP contribution in [0, 0.1) is 0 Å². The Labute approximate surface area is 103 Å². The van der Waals surface area contributed by atoms with Crippen LogP contribution in [0.25, 0.3) is 0 Å². The van der Waals surface area contributed by atoms with Crippen LogP contribution in [0.15, 0.2) is 30.3 Å². The lowest BCUT2D eigenvalue weighted by Gasteiger charge is -2.27. The highest BCUT2D eigenvalue weighted by Gasteiger charge is 2.25. The monoisotopic (exact) mass is 254 g/mol. The Hall–Kier alpha value is -0.870. The summed E-state index contributed by atoms with van der Waals surface area (Å²) >= 11 is 0. The van der Waals surface area contributed by atoms with E-state index >= 15 is 0 Å². The number of hydrogen-bond donors (Lipinski definition) is 0. The van der Waals surface area contributed by atoms with Crippen molar-refractivity contribution < 1.29 is 12.6 Å². The minimum absolute atomic E-state index is 0.120. The van der Waals surface area contributed by atoms with Gasteiger partial charge in [-0.2, -0.15) is 8.42 Å². The van der Waals surface area contributed by atoms with Crippen LogP contribution in [-0.4, -0.2) is 20.8 Å². The summed E-state index contributed by atoms with van der Waals surface area (Å²) in [5, 5.41) is 0. The third kappa shape index (κ3) is 3.82. The second kappa shape index (κ2) is 5.19. The Morgan fingerprint density at radius 3 is 2.18 bits per heavy atom. The maximum atomic E-state index is 11.0. The summed E-state index contributed by atoms with van der Waals surface area (Å²) in [5.74, 6) is 0.551. The molecule has 0 N–H and O–H groups in total. The predicted molar refractivity (Wildman–Crippen MR) is 67.4 cm³/mol. The largest absolute Gasteiger partial charge is 0.267 e. The van der Waals surface area contributed by atoms with E-state index in [2.05, 4.69) is 24.3 Å². The van der Waals surface area contributed by atoms with Crippen molar-refractivity contribution in [1.29, 1.82) is 0 Å². The summed E-state index contributed by atoms with van der Waals surface area (Å²) < 4.78 is 27.1. The molecule has 0 atom stereocenters. The molecule has 4 heteroatoms. The summed E-state index contributed by atoms with van der Waals surface area (Å²) in [6.07, 6.45) is 4.66. The van der Waals surface area contributed by atoms with Crippen molar-refractivity contribution >= 4 is 10.1 Å². The molecular formula is C13H18O3S. The second-order valence-electron chi connectivity index (χ2n) is 4.68. The zero-order valence-corrected chi connectivity index (χ0v) is 10.8. The van der Waals surface area contributed by atoms with E-state index in [1.54, 1.807) is 0 Å². The van der Waals surface area contributed by atoms with E-state index in [1.165, 1.54) is 5.56 Å². The van der Waals surface area contributed by atoms with Gasteiger partial charge < -0.3 is 0 Å². The van der Waals surface area contributed by atoms with Gasteiger partial charge in [0.05, 0.1) is 12.4 Å². The van der Waals surface area contributed by atoms with Crippen molar-refractivity contribution in [2.45, 2.75) is 37.7 Å². The van der Waals surface area contributed by atoms with Crippen LogP contribution in [0.4, 0.5) is 0 Å². The average Bonchev–Trinajstić information content (AvgIpc) is 2.29. The van der Waals surface area contributed by atoms with Gasteiger partial charge >= 0.3 is 0 Å². The van der Waals surface area contributed by atoms with Crippen LogP contribution in [0.3, 0.4) is 0 Å². The van der Waals surface area contributed by atoms with Crippen molar-refractivity contribution in [3.05, 3.63) is 35.9 Å². The summed E-state index contributed by atoms with van der Waals surface area (Å²) in [6, 6.07) is 10.4. The third-order valence-electron chi connectivity index (χ3n) is 3.26. The quantitative estimate of drug-likeness (QED) is 0.779. The molecule has 1 saturated carbocycles. The molecule has 0 aromatic heterocycles. The van der Waals surface area contributed by atoms with Crippen molar-refractivity contribution in [1.82, 2.24) is 0 Å². The van der Waals surface area contributed by atoms with Gasteiger partial charge in [-0.1, -0.05) is 30.3 Å². The third-order valence-corrected chi connectivity index (χ3v) is 3.88. The average molecular weight is 254 g/mol. The Kier molecular flexibility index (Phi) is 3.84. The van der Waals surface area contributed by atoms with E-state index in [0.717, 1.165) is 31.9 Å². The SMILES string of the molecule is CS(=O)(=O)O[C@H]1CC[C@H](c2ccccc2)CC1. The Morgan fingerprint density at radius 1 is 1.06 bits per heavy atom. The predicted octanol–water partition coefficient (Wildman–Crippen LogP) is 2.69. The summed E-state index contributed by atoms with van der Waals surface area (Å²) in [6.45, 7) is 0. The molecule has 1 aromatic carbocycles. The van der Waals surface area contributed by atoms with Gasteiger partial charge in [0.25, 0.3) is 10.1 Å². The van der Waals surface area contributed by atoms with Gasteiger partial charge in [-0.05, 0) is 37.2 Å². The van der Waals surface area contributed by atoms with E-state index < -0.39 is 10.1 Å². The van der Waals surface area contributed by atoms with Crippen molar-refractivity contribution in [2.75, 3.05) is 6.26 Å². The lowest BCUT2D eigenvalue weighted by Crippen LogP contribution is -2.23. The highest BCUT2D eigenvalue weighted by atomic mass is 32.2. The van der Waals surface area contributed by atoms with E-state index in [0.29, 0.717) is 5.92 Å². The first kappa shape index (κ1) is 12.6. The summed E-state index contributed by atoms with van der Waals surface area (Å²) in [7, 11) is -3.31. The zero-order chi connectivity index (χ0) is 12.3. The van der Waals surface area contributed by atoms with Crippen LogP contribution >= 0.6 is 0 Å². The van der Waals surface area contributed by atoms with Gasteiger partial charge in [-0.15, -0.1) is 0 Å². The topological polar surface area (TPSA) is 43.4 Å². The van der Waals surface area contributed by atoms with Crippen molar-refractivity contribution in [2.24, 2.45) is 0 Å². The standard InChI is InChI=1S/C13H18O3S/c1-17(14,15)16-13-9-7-12(8-10-13)11-5-3-2-4-6-11/h2-6,12-13H,7-10H2,1H3/t12-,13-. The van der Waals surface area contributed by atoms with Gasteiger partial charge in [-0.25, -0.2) is 0 Å². The van der Waals surface area contributed by atoms with Crippen LogP contribution in [0.2, 0.25) is 0 Å². The molecule has 0 spiro atoms. The lowest BCUT2D eigenvalue weighted by atomic mass is 9.83. The molecule has 0 unspecified atom stereocenters. The van der Waals surface area contributed by atoms with Crippen molar-refractivity contribution in [3.63, 3.8) is 0 Å². The van der Waals surface area contributed by atoms with E-state index in [9.17, 15) is 8.42 Å². The smallest absolute Gasteiger partial charge is 0.264 e. The molecular weight excluding hydrogens is 236 g/mol. The molecule has 0 heterocycles. The zero-order valence-electron chi connectivity index (χ0n) is 10.0. The maximum Gasteiger partial charge on any atom is 0.264 e. The number of benzene rings is 1. The fourth-order valence-corrected chi connectivity index (χ4v) is 3.15. The van der Waals surface area contributed by atoms with E-state index in [-0.39, 0.29) is 6.10 Å². The molecule has 94 valence electrons. The minimum Gasteiger partial charge on any atom is -0.267 e. The molecule has 0 amide bonds. The van der Waals surface area contributed by atoms with Gasteiger partial charge in [-0.3, -0.25) is 4.18 Å². The van der Waals surface area contributed by atoms with E-state index in [1.807, 2.05) is 6.07 Å². The van der Waals surface area contributed by atoms with Crippen LogP contribution in [-0.2, 0) is 14.3 Å². The van der Waals surface area contributed by atoms with E-state index in [4.69, 9.17) is 4.18 Å². The first-order chi connectivity index (χ1) is 8.04. The molecule has 3 nitrogen and oxygen atoms in total. The molecule has 0 radical (unpaired) electrons. The van der Waals surface area contributed by atoms with Crippen LogP contribution in [0.5, 0.6) is 0 Å². The highest BCUT2D eigenvalue weighted by molar-refractivity contribution is 7.86. The minimum atomic E-state index is -3.31. The van der Waals surface area contributed by atoms with Gasteiger partial charge in [0.2, 0.25) is 0 Å². The Morgan fingerprint density at radius 2 is 1.65 bits per heavy atom. The van der Waals surface area contributed by atoms with Gasteiger partial charge in [0.1, 0.15) is 0 Å². The number of rotatable bonds is 3. The van der Waals surface area contributed by atoms with Crippen molar-refractivity contribution in [3.8, 4) is 0 Å². The molecule has 0 aliphatic heterocycles. The summed E-state index contributed by atoms with van der Waals surface area (Å²) in [5.41, 5.74) is 1.35. The lowest BCUT2D eigenvalue weighted by molar-refractivity contribution is 0.155. The maximum absolute atomic E-state index is 11.0. The van der Waals surface area contributed by atoms with Crippen LogP contribution in [0.1, 0.15) is 37.2 Å². The molecule has 17 heavy (non-hydrogen) atoms. The molecule has 1 aromatic rings. The Balaban J connectivity index is 1.91. The molecule has 0 bridgehead atoms. The van der Waals surface area contributed by atoms with Gasteiger partial charge in [0, 0.05) is 0 Å². The first-order valence-electron chi connectivity index (χ1n) is 5.98. The Bertz CT molecular complexity index is 445. The number of hydrogen-bond acceptors (Lipinski definition) is 3. The molecule has 1 aliphatic carbocycles. The molecule has 2 rings (SSSR count). The first-order valence-corrected chi connectivity index (χ1v) is 7.79. The summed E-state index contributed by atoms with van der Waals surface area (Å²) in [4.78, 5) is 0.